The van der Waals surface area contributed by atoms with Gasteiger partial charge in [-0.15, -0.1) is 10.2 Å². The third kappa shape index (κ3) is 3.89. The van der Waals surface area contributed by atoms with E-state index in [9.17, 15) is 13.2 Å². The molecule has 8 nitrogen and oxygen atoms in total. The number of nitrogens with zero attached hydrogens (tertiary/aromatic N) is 5. The van der Waals surface area contributed by atoms with Gasteiger partial charge in [-0.1, -0.05) is 13.8 Å². The molecule has 0 radical (unpaired) electrons. The fraction of sp³-hybridized carbons (Fsp3) is 0.833. The number of carbonyl (C=O) groups is 1. The lowest BCUT2D eigenvalue weighted by molar-refractivity contribution is -0.136. The zero-order valence-corrected chi connectivity index (χ0v) is 17.6. The quantitative estimate of drug-likeness (QED) is 0.753. The molecule has 0 saturated carbocycles. The largest absolute Gasteiger partial charge is 0.333 e. The minimum atomic E-state index is -3.19. The van der Waals surface area contributed by atoms with E-state index in [0.717, 1.165) is 30.9 Å². The van der Waals surface area contributed by atoms with Crippen LogP contribution in [0, 0.1) is 5.92 Å². The van der Waals surface area contributed by atoms with Gasteiger partial charge in [0.25, 0.3) is 0 Å². The maximum absolute atomic E-state index is 12.4. The van der Waals surface area contributed by atoms with Gasteiger partial charge in [-0.3, -0.25) is 4.79 Å². The number of hydrogen-bond donors (Lipinski definition) is 0. The molecule has 0 bridgehead atoms. The first-order chi connectivity index (χ1) is 12.8. The van der Waals surface area contributed by atoms with Crippen LogP contribution in [0.1, 0.15) is 64.5 Å². The van der Waals surface area contributed by atoms with Gasteiger partial charge in [-0.25, -0.2) is 12.7 Å². The molecule has 1 atom stereocenters. The van der Waals surface area contributed by atoms with Crippen LogP contribution in [-0.4, -0.2) is 63.2 Å². The summed E-state index contributed by atoms with van der Waals surface area (Å²) < 4.78 is 28.4. The molecule has 2 aliphatic rings. The van der Waals surface area contributed by atoms with Gasteiger partial charge in [0, 0.05) is 38.0 Å². The predicted octanol–water partition coefficient (Wildman–Crippen LogP) is 1.58. The molecule has 0 aliphatic carbocycles. The summed E-state index contributed by atoms with van der Waals surface area (Å²) in [5.74, 6) is 2.22. The number of sulfonamides is 1. The van der Waals surface area contributed by atoms with Crippen LogP contribution in [0.3, 0.4) is 0 Å². The molecule has 1 aromatic rings. The van der Waals surface area contributed by atoms with Gasteiger partial charge >= 0.3 is 0 Å². The van der Waals surface area contributed by atoms with Crippen molar-refractivity contribution in [1.29, 1.82) is 0 Å². The number of amides is 1. The van der Waals surface area contributed by atoms with Crippen molar-refractivity contribution in [3.05, 3.63) is 11.6 Å². The third-order valence-electron chi connectivity index (χ3n) is 5.90. The Labute approximate surface area is 162 Å². The van der Waals surface area contributed by atoms with Crippen LogP contribution in [0.4, 0.5) is 0 Å². The van der Waals surface area contributed by atoms with Gasteiger partial charge in [0.05, 0.1) is 11.8 Å². The molecule has 9 heteroatoms. The van der Waals surface area contributed by atoms with E-state index in [1.54, 1.807) is 18.2 Å². The molecule has 152 valence electrons. The van der Waals surface area contributed by atoms with Gasteiger partial charge in [0.1, 0.15) is 5.82 Å². The lowest BCUT2D eigenvalue weighted by Gasteiger charge is -2.33. The van der Waals surface area contributed by atoms with Gasteiger partial charge in [0.2, 0.25) is 15.9 Å². The minimum absolute atomic E-state index is 0.0335. The van der Waals surface area contributed by atoms with Crippen molar-refractivity contribution in [3.8, 4) is 0 Å². The molecule has 0 N–H and O–H groups in total. The zero-order chi connectivity index (χ0) is 19.8. The van der Waals surface area contributed by atoms with Crippen molar-refractivity contribution < 1.29 is 13.2 Å². The van der Waals surface area contributed by atoms with E-state index >= 15 is 0 Å². The second-order valence-electron chi connectivity index (χ2n) is 7.96. The zero-order valence-electron chi connectivity index (χ0n) is 16.8. The van der Waals surface area contributed by atoms with Gasteiger partial charge in [-0.05, 0) is 33.1 Å². The number of rotatable bonds is 5. The highest BCUT2D eigenvalue weighted by Crippen LogP contribution is 2.30. The Morgan fingerprint density at radius 1 is 1.11 bits per heavy atom. The van der Waals surface area contributed by atoms with E-state index < -0.39 is 10.0 Å². The molecule has 2 aliphatic heterocycles. The van der Waals surface area contributed by atoms with Crippen molar-refractivity contribution in [2.24, 2.45) is 5.92 Å². The molecule has 0 spiro atoms. The first-order valence-corrected chi connectivity index (χ1v) is 11.5. The molecule has 3 heterocycles. The molecular formula is C18H31N5O3S. The topological polar surface area (TPSA) is 88.4 Å². The molecular weight excluding hydrogens is 366 g/mol. The number of aromatic nitrogens is 3. The van der Waals surface area contributed by atoms with Crippen LogP contribution in [0.5, 0.6) is 0 Å². The number of carbonyl (C=O) groups excluding carboxylic acids is 1. The second kappa shape index (κ2) is 7.87. The Bertz CT molecular complexity index is 781. The monoisotopic (exact) mass is 397 g/mol. The Balaban J connectivity index is 1.67. The van der Waals surface area contributed by atoms with Crippen LogP contribution in [-0.2, 0) is 27.9 Å². The fourth-order valence-corrected chi connectivity index (χ4v) is 5.14. The van der Waals surface area contributed by atoms with Crippen molar-refractivity contribution in [3.63, 3.8) is 0 Å². The summed E-state index contributed by atoms with van der Waals surface area (Å²) in [6, 6.07) is 0. The minimum Gasteiger partial charge on any atom is -0.333 e. The predicted molar refractivity (Wildman–Crippen MR) is 102 cm³/mol. The van der Waals surface area contributed by atoms with E-state index in [-0.39, 0.29) is 23.0 Å². The summed E-state index contributed by atoms with van der Waals surface area (Å²) in [5, 5.41) is 8.36. The Hall–Kier alpha value is -1.48. The average Bonchev–Trinajstić information content (AvgIpc) is 3.09. The highest BCUT2D eigenvalue weighted by atomic mass is 32.2. The lowest BCUT2D eigenvalue weighted by Crippen LogP contribution is -2.43. The summed E-state index contributed by atoms with van der Waals surface area (Å²) in [7, 11) is -3.19. The molecule has 0 aromatic carbocycles. The summed E-state index contributed by atoms with van der Waals surface area (Å²) in [5.41, 5.74) is 0. The standard InChI is InChI=1S/C18H31N5O3S/c1-5-14(4)18(24)21-10-11-23-16(12-21)19-20-17(23)15-6-8-22(9-7-15)27(25,26)13(2)3/h13-15H,5-12H2,1-4H3. The van der Waals surface area contributed by atoms with Crippen molar-refractivity contribution >= 4 is 15.9 Å². The smallest absolute Gasteiger partial charge is 0.225 e. The van der Waals surface area contributed by atoms with E-state index in [0.29, 0.717) is 32.7 Å². The number of piperidine rings is 1. The molecule has 27 heavy (non-hydrogen) atoms. The third-order valence-corrected chi connectivity index (χ3v) is 8.18. The van der Waals surface area contributed by atoms with Crippen molar-refractivity contribution in [2.75, 3.05) is 19.6 Å². The van der Waals surface area contributed by atoms with Crippen LogP contribution in [0.15, 0.2) is 0 Å². The van der Waals surface area contributed by atoms with Crippen LogP contribution >= 0.6 is 0 Å². The van der Waals surface area contributed by atoms with Gasteiger partial charge < -0.3 is 9.47 Å². The summed E-state index contributed by atoms with van der Waals surface area (Å²) >= 11 is 0. The lowest BCUT2D eigenvalue weighted by atomic mass is 9.97. The maximum Gasteiger partial charge on any atom is 0.225 e. The van der Waals surface area contributed by atoms with E-state index in [2.05, 4.69) is 14.8 Å². The molecule has 1 unspecified atom stereocenters. The number of hydrogen-bond acceptors (Lipinski definition) is 5. The van der Waals surface area contributed by atoms with Crippen LogP contribution in [0.25, 0.3) is 0 Å². The molecule has 1 saturated heterocycles. The Morgan fingerprint density at radius 2 is 1.78 bits per heavy atom. The van der Waals surface area contributed by atoms with Crippen LogP contribution in [0.2, 0.25) is 0 Å². The SMILES string of the molecule is CCC(C)C(=O)N1CCn2c(nnc2C2CCN(S(=O)(=O)C(C)C)CC2)C1. The summed E-state index contributed by atoms with van der Waals surface area (Å²) in [6.07, 6.45) is 2.37. The summed E-state index contributed by atoms with van der Waals surface area (Å²) in [6.45, 7) is 10.4. The van der Waals surface area contributed by atoms with Gasteiger partial charge in [0.15, 0.2) is 5.82 Å². The summed E-state index contributed by atoms with van der Waals surface area (Å²) in [4.78, 5) is 14.3. The molecule has 1 aromatic heterocycles. The number of fused-ring (bicyclic) bond motifs is 1. The fourth-order valence-electron chi connectivity index (χ4n) is 3.82. The maximum atomic E-state index is 12.4. The van der Waals surface area contributed by atoms with E-state index in [1.807, 2.05) is 18.7 Å². The molecule has 1 fully saturated rings. The van der Waals surface area contributed by atoms with Crippen molar-refractivity contribution in [1.82, 2.24) is 24.0 Å². The molecule has 1 amide bonds. The normalized spacial score (nSPS) is 20.7. The first-order valence-electron chi connectivity index (χ1n) is 9.95. The Kier molecular flexibility index (Phi) is 5.90. The van der Waals surface area contributed by atoms with Crippen molar-refractivity contribution in [2.45, 2.75) is 71.2 Å². The highest BCUT2D eigenvalue weighted by Gasteiger charge is 2.34. The molecule has 3 rings (SSSR count). The van der Waals surface area contributed by atoms with Crippen LogP contribution < -0.4 is 0 Å². The first kappa shape index (κ1) is 20.3. The Morgan fingerprint density at radius 3 is 2.37 bits per heavy atom. The van der Waals surface area contributed by atoms with Gasteiger partial charge in [-0.2, -0.15) is 0 Å². The van der Waals surface area contributed by atoms with E-state index in [1.165, 1.54) is 0 Å². The second-order valence-corrected chi connectivity index (χ2v) is 10.5. The van der Waals surface area contributed by atoms with E-state index in [4.69, 9.17) is 0 Å². The highest BCUT2D eigenvalue weighted by molar-refractivity contribution is 7.89. The average molecular weight is 398 g/mol.